The van der Waals surface area contributed by atoms with Crippen molar-refractivity contribution < 1.29 is 9.53 Å². The molecular formula is C18H29N3O2. The topological polar surface area (TPSA) is 67.6 Å². The molecule has 0 fully saturated rings. The van der Waals surface area contributed by atoms with Crippen molar-refractivity contribution in [2.24, 2.45) is 5.73 Å². The van der Waals surface area contributed by atoms with E-state index in [1.54, 1.807) is 0 Å². The number of amides is 1. The summed E-state index contributed by atoms with van der Waals surface area (Å²) in [5.74, 6) is 0. The van der Waals surface area contributed by atoms with E-state index in [2.05, 4.69) is 34.5 Å². The van der Waals surface area contributed by atoms with Crippen molar-refractivity contribution in [2.75, 3.05) is 19.6 Å². The molecule has 0 bridgehead atoms. The zero-order valence-electron chi connectivity index (χ0n) is 14.5. The van der Waals surface area contributed by atoms with Gasteiger partial charge in [0.25, 0.3) is 0 Å². The third-order valence-corrected chi connectivity index (χ3v) is 4.09. The number of nitrogens with one attached hydrogen (secondary N) is 1. The van der Waals surface area contributed by atoms with E-state index in [0.29, 0.717) is 13.1 Å². The summed E-state index contributed by atoms with van der Waals surface area (Å²) >= 11 is 0. The van der Waals surface area contributed by atoms with Crippen LogP contribution in [0.15, 0.2) is 24.3 Å². The maximum absolute atomic E-state index is 11.7. The molecule has 1 heterocycles. The van der Waals surface area contributed by atoms with Gasteiger partial charge in [-0.15, -0.1) is 0 Å². The normalized spacial score (nSPS) is 16.5. The Balaban J connectivity index is 1.81. The number of hydrogen-bond donors (Lipinski definition) is 2. The number of nitrogens with zero attached hydrogens (tertiary/aromatic N) is 1. The summed E-state index contributed by atoms with van der Waals surface area (Å²) < 4.78 is 5.25. The Morgan fingerprint density at radius 2 is 2.04 bits per heavy atom. The van der Waals surface area contributed by atoms with Crippen LogP contribution in [0.2, 0.25) is 0 Å². The molecule has 23 heavy (non-hydrogen) atoms. The van der Waals surface area contributed by atoms with Crippen molar-refractivity contribution in [1.29, 1.82) is 0 Å². The molecule has 5 heteroatoms. The van der Waals surface area contributed by atoms with Crippen LogP contribution in [0.4, 0.5) is 4.79 Å². The molecule has 0 aliphatic carbocycles. The fourth-order valence-electron chi connectivity index (χ4n) is 2.93. The first kappa shape index (κ1) is 17.8. The minimum absolute atomic E-state index is 0.276. The van der Waals surface area contributed by atoms with Crippen LogP contribution in [-0.2, 0) is 17.7 Å². The van der Waals surface area contributed by atoms with Gasteiger partial charge in [-0.3, -0.25) is 4.90 Å². The van der Waals surface area contributed by atoms with Crippen molar-refractivity contribution in [3.63, 3.8) is 0 Å². The quantitative estimate of drug-likeness (QED) is 0.874. The van der Waals surface area contributed by atoms with Gasteiger partial charge in [0.15, 0.2) is 0 Å². The van der Waals surface area contributed by atoms with E-state index < -0.39 is 5.60 Å². The van der Waals surface area contributed by atoms with Gasteiger partial charge in [-0.05, 0) is 44.7 Å². The van der Waals surface area contributed by atoms with Crippen molar-refractivity contribution >= 4 is 6.09 Å². The Bertz CT molecular complexity index is 525. The molecule has 0 spiro atoms. The summed E-state index contributed by atoms with van der Waals surface area (Å²) in [6, 6.07) is 8.85. The minimum Gasteiger partial charge on any atom is -0.444 e. The number of benzene rings is 1. The molecule has 1 aliphatic rings. The lowest BCUT2D eigenvalue weighted by atomic mass is 9.98. The summed E-state index contributed by atoms with van der Waals surface area (Å²) in [7, 11) is 0. The summed E-state index contributed by atoms with van der Waals surface area (Å²) in [6.07, 6.45) is 1.53. The predicted molar refractivity (Wildman–Crippen MR) is 92.3 cm³/mol. The van der Waals surface area contributed by atoms with Gasteiger partial charge in [0.2, 0.25) is 0 Å². The molecule has 1 aromatic rings. The summed E-state index contributed by atoms with van der Waals surface area (Å²) in [5, 5.41) is 2.82. The molecular weight excluding hydrogens is 290 g/mol. The van der Waals surface area contributed by atoms with Crippen LogP contribution in [0.25, 0.3) is 0 Å². The van der Waals surface area contributed by atoms with Crippen LogP contribution in [0, 0.1) is 0 Å². The zero-order chi connectivity index (χ0) is 16.9. The molecule has 1 unspecified atom stereocenters. The van der Waals surface area contributed by atoms with Crippen LogP contribution in [0.5, 0.6) is 0 Å². The van der Waals surface area contributed by atoms with Crippen LogP contribution in [-0.4, -0.2) is 42.3 Å². The van der Waals surface area contributed by atoms with Crippen LogP contribution in [0.1, 0.15) is 38.3 Å². The smallest absolute Gasteiger partial charge is 0.407 e. The Hall–Kier alpha value is -1.59. The number of rotatable bonds is 5. The monoisotopic (exact) mass is 319 g/mol. The fraction of sp³-hybridized carbons (Fsp3) is 0.611. The van der Waals surface area contributed by atoms with Crippen molar-refractivity contribution in [1.82, 2.24) is 10.2 Å². The van der Waals surface area contributed by atoms with Crippen molar-refractivity contribution in [2.45, 2.75) is 51.8 Å². The van der Waals surface area contributed by atoms with Crippen LogP contribution in [0.3, 0.4) is 0 Å². The predicted octanol–water partition coefficient (Wildman–Crippen LogP) is 2.29. The van der Waals surface area contributed by atoms with E-state index in [1.165, 1.54) is 11.1 Å². The number of carbonyl (C=O) groups excluding carboxylic acids is 1. The molecule has 1 amide bonds. The van der Waals surface area contributed by atoms with Crippen molar-refractivity contribution in [3.05, 3.63) is 35.4 Å². The number of carbonyl (C=O) groups is 1. The molecule has 5 nitrogen and oxygen atoms in total. The first-order valence-corrected chi connectivity index (χ1v) is 8.37. The second-order valence-corrected chi connectivity index (χ2v) is 7.10. The Morgan fingerprint density at radius 1 is 1.35 bits per heavy atom. The number of alkyl carbamates (subject to hydrolysis) is 1. The highest BCUT2D eigenvalue weighted by molar-refractivity contribution is 5.67. The van der Waals surface area contributed by atoms with Gasteiger partial charge >= 0.3 is 6.09 Å². The maximum Gasteiger partial charge on any atom is 0.407 e. The van der Waals surface area contributed by atoms with Gasteiger partial charge in [0.1, 0.15) is 5.60 Å². The number of ether oxygens (including phenoxy) is 1. The average molecular weight is 319 g/mol. The zero-order valence-corrected chi connectivity index (χ0v) is 14.5. The molecule has 1 aliphatic heterocycles. The van der Waals surface area contributed by atoms with Gasteiger partial charge in [0, 0.05) is 32.2 Å². The first-order valence-electron chi connectivity index (χ1n) is 8.37. The lowest BCUT2D eigenvalue weighted by Crippen LogP contribution is -2.45. The average Bonchev–Trinajstić information content (AvgIpc) is 2.49. The summed E-state index contributed by atoms with van der Waals surface area (Å²) in [6.45, 7) is 8.71. The molecule has 0 saturated heterocycles. The lowest BCUT2D eigenvalue weighted by molar-refractivity contribution is 0.0521. The standard InChI is InChI=1S/C18H29N3O2/c1-18(2,3)23-17(22)20-10-8-16(12-19)21-11-9-14-6-4-5-7-15(14)13-21/h4-7,16H,8-13,19H2,1-3H3,(H,20,22). The van der Waals surface area contributed by atoms with Gasteiger partial charge in [-0.2, -0.15) is 0 Å². The number of hydrogen-bond acceptors (Lipinski definition) is 4. The highest BCUT2D eigenvalue weighted by Gasteiger charge is 2.22. The number of fused-ring (bicyclic) bond motifs is 1. The van der Waals surface area contributed by atoms with E-state index in [9.17, 15) is 4.79 Å². The lowest BCUT2D eigenvalue weighted by Gasteiger charge is -2.35. The molecule has 0 saturated carbocycles. The molecule has 128 valence electrons. The Labute approximate surface area is 139 Å². The highest BCUT2D eigenvalue weighted by Crippen LogP contribution is 2.20. The molecule has 1 atom stereocenters. The molecule has 1 aromatic carbocycles. The third kappa shape index (κ3) is 5.52. The van der Waals surface area contributed by atoms with E-state index >= 15 is 0 Å². The molecule has 3 N–H and O–H groups in total. The van der Waals surface area contributed by atoms with Gasteiger partial charge < -0.3 is 15.8 Å². The van der Waals surface area contributed by atoms with Crippen LogP contribution >= 0.6 is 0 Å². The first-order chi connectivity index (χ1) is 10.9. The van der Waals surface area contributed by atoms with E-state index in [0.717, 1.165) is 25.9 Å². The SMILES string of the molecule is CC(C)(C)OC(=O)NCCC(CN)N1CCc2ccccc2C1. The molecule has 2 rings (SSSR count). The highest BCUT2D eigenvalue weighted by atomic mass is 16.6. The maximum atomic E-state index is 11.7. The number of nitrogens with two attached hydrogens (primary N) is 1. The van der Waals surface area contributed by atoms with Gasteiger partial charge in [0.05, 0.1) is 0 Å². The van der Waals surface area contributed by atoms with Crippen LogP contribution < -0.4 is 11.1 Å². The van der Waals surface area contributed by atoms with Crippen molar-refractivity contribution in [3.8, 4) is 0 Å². The third-order valence-electron chi connectivity index (χ3n) is 4.09. The minimum atomic E-state index is -0.464. The van der Waals surface area contributed by atoms with E-state index in [-0.39, 0.29) is 12.1 Å². The second kappa shape index (κ2) is 7.79. The summed E-state index contributed by atoms with van der Waals surface area (Å²) in [4.78, 5) is 14.1. The molecule has 0 radical (unpaired) electrons. The Kier molecular flexibility index (Phi) is 6.02. The summed E-state index contributed by atoms with van der Waals surface area (Å²) in [5.41, 5.74) is 8.32. The fourth-order valence-corrected chi connectivity index (χ4v) is 2.93. The van der Waals surface area contributed by atoms with Gasteiger partial charge in [-0.1, -0.05) is 24.3 Å². The largest absolute Gasteiger partial charge is 0.444 e. The van der Waals surface area contributed by atoms with Gasteiger partial charge in [-0.25, -0.2) is 4.79 Å². The molecule has 0 aromatic heterocycles. The van der Waals surface area contributed by atoms with E-state index in [1.807, 2.05) is 20.8 Å². The van der Waals surface area contributed by atoms with E-state index in [4.69, 9.17) is 10.5 Å². The second-order valence-electron chi connectivity index (χ2n) is 7.10. The Morgan fingerprint density at radius 3 is 2.70 bits per heavy atom.